The number of esters is 1. The van der Waals surface area contributed by atoms with Crippen molar-refractivity contribution in [3.63, 3.8) is 0 Å². The van der Waals surface area contributed by atoms with Gasteiger partial charge in [-0.1, -0.05) is 13.3 Å². The van der Waals surface area contributed by atoms with Gasteiger partial charge >= 0.3 is 5.97 Å². The molecule has 0 spiro atoms. The minimum absolute atomic E-state index is 0.168. The zero-order chi connectivity index (χ0) is 19.6. The lowest BCUT2D eigenvalue weighted by atomic mass is 9.97. The Morgan fingerprint density at radius 3 is 2.35 bits per heavy atom. The van der Waals surface area contributed by atoms with Crippen LogP contribution in [0.3, 0.4) is 0 Å². The standard InChI is InChI=1S/C20H31NO5/c1-5-6-14-26-18(22)11-12-21(4)13-15-25-17-9-7-16(8-10-17)19(23)20(2,3)24/h7-10,24H,5-6,11-15H2,1-4H3. The van der Waals surface area contributed by atoms with Crippen molar-refractivity contribution in [2.45, 2.75) is 45.6 Å². The van der Waals surface area contributed by atoms with Crippen LogP contribution in [0, 0.1) is 0 Å². The van der Waals surface area contributed by atoms with Gasteiger partial charge in [-0.05, 0) is 51.6 Å². The number of carbonyl (C=O) groups excluding carboxylic acids is 2. The summed E-state index contributed by atoms with van der Waals surface area (Å²) in [5.74, 6) is 0.164. The van der Waals surface area contributed by atoms with Gasteiger partial charge in [-0.3, -0.25) is 9.59 Å². The molecule has 0 saturated heterocycles. The van der Waals surface area contributed by atoms with E-state index in [1.807, 2.05) is 11.9 Å². The summed E-state index contributed by atoms with van der Waals surface area (Å²) in [5.41, 5.74) is -0.938. The Morgan fingerprint density at radius 2 is 1.77 bits per heavy atom. The fourth-order valence-corrected chi connectivity index (χ4v) is 2.17. The summed E-state index contributed by atoms with van der Waals surface area (Å²) in [6, 6.07) is 6.71. The molecule has 0 aliphatic heterocycles. The summed E-state index contributed by atoms with van der Waals surface area (Å²) in [6.07, 6.45) is 2.28. The number of rotatable bonds is 12. The summed E-state index contributed by atoms with van der Waals surface area (Å²) < 4.78 is 10.8. The smallest absolute Gasteiger partial charge is 0.307 e. The van der Waals surface area contributed by atoms with Gasteiger partial charge in [0.1, 0.15) is 18.0 Å². The molecule has 0 fully saturated rings. The lowest BCUT2D eigenvalue weighted by Gasteiger charge is -2.17. The number of nitrogens with zero attached hydrogens (tertiary/aromatic N) is 1. The number of hydrogen-bond donors (Lipinski definition) is 1. The van der Waals surface area contributed by atoms with Crippen molar-refractivity contribution >= 4 is 11.8 Å². The number of aliphatic hydroxyl groups is 1. The van der Waals surface area contributed by atoms with Crippen LogP contribution < -0.4 is 4.74 Å². The summed E-state index contributed by atoms with van der Waals surface area (Å²) in [4.78, 5) is 25.5. The van der Waals surface area contributed by atoms with Crippen LogP contribution in [-0.2, 0) is 9.53 Å². The molecule has 1 rings (SSSR count). The van der Waals surface area contributed by atoms with Crippen LogP contribution in [0.5, 0.6) is 5.75 Å². The van der Waals surface area contributed by atoms with E-state index in [9.17, 15) is 14.7 Å². The van der Waals surface area contributed by atoms with E-state index in [4.69, 9.17) is 9.47 Å². The normalized spacial score (nSPS) is 11.5. The van der Waals surface area contributed by atoms with Crippen molar-refractivity contribution in [3.05, 3.63) is 29.8 Å². The molecule has 26 heavy (non-hydrogen) atoms. The van der Waals surface area contributed by atoms with E-state index in [1.165, 1.54) is 13.8 Å². The molecule has 0 unspecified atom stereocenters. The number of ketones is 1. The lowest BCUT2D eigenvalue weighted by molar-refractivity contribution is -0.144. The Labute approximate surface area is 156 Å². The second-order valence-electron chi connectivity index (χ2n) is 6.89. The molecule has 0 amide bonds. The van der Waals surface area contributed by atoms with Gasteiger partial charge in [-0.25, -0.2) is 0 Å². The quantitative estimate of drug-likeness (QED) is 0.349. The molecular formula is C20H31NO5. The van der Waals surface area contributed by atoms with Gasteiger partial charge in [0, 0.05) is 18.7 Å². The third-order valence-corrected chi connectivity index (χ3v) is 3.87. The molecule has 1 N–H and O–H groups in total. The molecule has 0 bridgehead atoms. The zero-order valence-electron chi connectivity index (χ0n) is 16.3. The first-order valence-electron chi connectivity index (χ1n) is 9.08. The van der Waals surface area contributed by atoms with Gasteiger partial charge in [-0.2, -0.15) is 0 Å². The summed E-state index contributed by atoms with van der Waals surface area (Å²) in [6.45, 7) is 7.25. The van der Waals surface area contributed by atoms with Crippen LogP contribution in [0.25, 0.3) is 0 Å². The van der Waals surface area contributed by atoms with E-state index in [-0.39, 0.29) is 11.8 Å². The van der Waals surface area contributed by atoms with Gasteiger partial charge in [0.05, 0.1) is 13.0 Å². The number of carbonyl (C=O) groups is 2. The topological polar surface area (TPSA) is 76.1 Å². The number of unbranched alkanes of at least 4 members (excludes halogenated alkanes) is 1. The second-order valence-corrected chi connectivity index (χ2v) is 6.89. The first-order valence-corrected chi connectivity index (χ1v) is 9.08. The Morgan fingerprint density at radius 1 is 1.12 bits per heavy atom. The predicted molar refractivity (Wildman–Crippen MR) is 101 cm³/mol. The molecule has 1 aromatic carbocycles. The maximum Gasteiger partial charge on any atom is 0.307 e. The van der Waals surface area contributed by atoms with E-state index in [2.05, 4.69) is 6.92 Å². The second kappa shape index (κ2) is 10.9. The van der Waals surface area contributed by atoms with Gasteiger partial charge in [-0.15, -0.1) is 0 Å². The van der Waals surface area contributed by atoms with Crippen molar-refractivity contribution in [1.29, 1.82) is 0 Å². The molecule has 1 aromatic rings. The number of ether oxygens (including phenoxy) is 2. The van der Waals surface area contributed by atoms with E-state index in [0.717, 1.165) is 12.8 Å². The monoisotopic (exact) mass is 365 g/mol. The maximum absolute atomic E-state index is 12.0. The lowest BCUT2D eigenvalue weighted by Crippen LogP contribution is -2.31. The van der Waals surface area contributed by atoms with Crippen molar-refractivity contribution < 1.29 is 24.2 Å². The maximum atomic E-state index is 12.0. The van der Waals surface area contributed by atoms with E-state index < -0.39 is 5.60 Å². The Kier molecular flexibility index (Phi) is 9.30. The SMILES string of the molecule is CCCCOC(=O)CCN(C)CCOc1ccc(C(=O)C(C)(C)O)cc1. The zero-order valence-corrected chi connectivity index (χ0v) is 16.3. The average Bonchev–Trinajstić information content (AvgIpc) is 2.59. The van der Waals surface area contributed by atoms with E-state index in [0.29, 0.717) is 44.0 Å². The molecule has 0 atom stereocenters. The highest BCUT2D eigenvalue weighted by atomic mass is 16.5. The van der Waals surface area contributed by atoms with Crippen molar-refractivity contribution in [2.75, 3.05) is 33.4 Å². The Hall–Kier alpha value is -1.92. The summed E-state index contributed by atoms with van der Waals surface area (Å²) in [5, 5.41) is 9.74. The number of Topliss-reactive ketones (excluding diaryl/α,β-unsaturated/α-hetero) is 1. The molecule has 0 radical (unpaired) electrons. The number of hydrogen-bond acceptors (Lipinski definition) is 6. The largest absolute Gasteiger partial charge is 0.492 e. The minimum atomic E-state index is -1.39. The number of benzene rings is 1. The third kappa shape index (κ3) is 8.45. The van der Waals surface area contributed by atoms with E-state index >= 15 is 0 Å². The van der Waals surface area contributed by atoms with Crippen LogP contribution in [0.1, 0.15) is 50.4 Å². The first-order chi connectivity index (χ1) is 12.2. The van der Waals surface area contributed by atoms with Crippen molar-refractivity contribution in [1.82, 2.24) is 4.90 Å². The van der Waals surface area contributed by atoms with Gasteiger partial charge in [0.15, 0.2) is 5.78 Å². The molecular weight excluding hydrogens is 334 g/mol. The van der Waals surface area contributed by atoms with Crippen molar-refractivity contribution in [2.24, 2.45) is 0 Å². The predicted octanol–water partition coefficient (Wildman–Crippen LogP) is 2.68. The van der Waals surface area contributed by atoms with Gasteiger partial charge < -0.3 is 19.5 Å². The third-order valence-electron chi connectivity index (χ3n) is 3.87. The fraction of sp³-hybridized carbons (Fsp3) is 0.600. The summed E-state index contributed by atoms with van der Waals surface area (Å²) in [7, 11) is 1.92. The Balaban J connectivity index is 2.28. The van der Waals surface area contributed by atoms with Crippen LogP contribution in [0.15, 0.2) is 24.3 Å². The fourth-order valence-electron chi connectivity index (χ4n) is 2.17. The van der Waals surface area contributed by atoms with E-state index in [1.54, 1.807) is 24.3 Å². The number of likely N-dealkylation sites (N-methyl/N-ethyl adjacent to an activating group) is 1. The summed E-state index contributed by atoms with van der Waals surface area (Å²) >= 11 is 0. The minimum Gasteiger partial charge on any atom is -0.492 e. The first kappa shape index (κ1) is 22.1. The highest BCUT2D eigenvalue weighted by Crippen LogP contribution is 2.17. The molecule has 0 saturated carbocycles. The van der Waals surface area contributed by atoms with Gasteiger partial charge in [0.2, 0.25) is 0 Å². The molecule has 6 heteroatoms. The highest BCUT2D eigenvalue weighted by Gasteiger charge is 2.24. The van der Waals surface area contributed by atoms with Crippen molar-refractivity contribution in [3.8, 4) is 5.75 Å². The highest BCUT2D eigenvalue weighted by molar-refractivity contribution is 6.01. The van der Waals surface area contributed by atoms with Gasteiger partial charge in [0.25, 0.3) is 0 Å². The molecule has 0 aliphatic carbocycles. The molecule has 0 aromatic heterocycles. The van der Waals surface area contributed by atoms with Crippen LogP contribution in [0.4, 0.5) is 0 Å². The average molecular weight is 365 g/mol. The van der Waals surface area contributed by atoms with Crippen LogP contribution in [-0.4, -0.2) is 60.7 Å². The molecule has 6 nitrogen and oxygen atoms in total. The Bertz CT molecular complexity index is 563. The molecule has 0 aliphatic rings. The van der Waals surface area contributed by atoms with Crippen LogP contribution in [0.2, 0.25) is 0 Å². The van der Waals surface area contributed by atoms with Crippen LogP contribution >= 0.6 is 0 Å². The molecule has 0 heterocycles. The molecule has 146 valence electrons.